The molecule has 218 valence electrons. The van der Waals surface area contributed by atoms with Gasteiger partial charge in [0.2, 0.25) is 5.91 Å². The van der Waals surface area contributed by atoms with E-state index in [2.05, 4.69) is 57.1 Å². The molecule has 3 aromatic rings. The van der Waals surface area contributed by atoms with Gasteiger partial charge < -0.3 is 31.1 Å². The van der Waals surface area contributed by atoms with E-state index in [1.165, 1.54) is 24.4 Å². The van der Waals surface area contributed by atoms with E-state index in [0.717, 1.165) is 12.1 Å². The van der Waals surface area contributed by atoms with Crippen molar-refractivity contribution in [1.29, 1.82) is 0 Å². The summed E-state index contributed by atoms with van der Waals surface area (Å²) >= 11 is 3.05. The van der Waals surface area contributed by atoms with Crippen molar-refractivity contribution in [2.24, 2.45) is 4.99 Å². The summed E-state index contributed by atoms with van der Waals surface area (Å²) in [6.45, 7) is -0.543. The molecule has 2 atom stereocenters. The highest BCUT2D eigenvalue weighted by Crippen LogP contribution is 2.31. The van der Waals surface area contributed by atoms with Crippen molar-refractivity contribution in [3.8, 4) is 5.75 Å². The van der Waals surface area contributed by atoms with E-state index in [4.69, 9.17) is 0 Å². The molecule has 0 saturated carbocycles. The number of anilines is 1. The minimum absolute atomic E-state index is 0.0273. The molecule has 12 nitrogen and oxygen atoms in total. The van der Waals surface area contributed by atoms with Crippen LogP contribution in [0.25, 0.3) is 10.9 Å². The molecule has 2 amide bonds. The molecule has 0 bridgehead atoms. The number of benzene rings is 2. The van der Waals surface area contributed by atoms with Crippen molar-refractivity contribution in [2.45, 2.75) is 25.0 Å². The number of nitrogens with zero attached hydrogens (tertiary/aromatic N) is 2. The molecule has 1 aromatic heterocycles. The van der Waals surface area contributed by atoms with Crippen LogP contribution in [-0.2, 0) is 9.59 Å². The molecular formula is C24H22BrF4N7O5. The second kappa shape index (κ2) is 12.4. The summed E-state index contributed by atoms with van der Waals surface area (Å²) in [5, 5.41) is 27.2. The van der Waals surface area contributed by atoms with Crippen LogP contribution in [0.2, 0.25) is 0 Å². The average Bonchev–Trinajstić information content (AvgIpc) is 3.36. The van der Waals surface area contributed by atoms with Gasteiger partial charge >= 0.3 is 12.3 Å². The van der Waals surface area contributed by atoms with E-state index < -0.39 is 55.1 Å². The predicted octanol–water partition coefficient (Wildman–Crippen LogP) is 3.00. The van der Waals surface area contributed by atoms with Gasteiger partial charge in [0, 0.05) is 15.4 Å². The zero-order valence-electron chi connectivity index (χ0n) is 20.8. The van der Waals surface area contributed by atoms with E-state index in [1.54, 1.807) is 0 Å². The lowest BCUT2D eigenvalue weighted by Crippen LogP contribution is -2.41. The average molecular weight is 644 g/mol. The van der Waals surface area contributed by atoms with Crippen molar-refractivity contribution >= 4 is 56.3 Å². The highest BCUT2D eigenvalue weighted by Gasteiger charge is 2.32. The first-order valence-corrected chi connectivity index (χ1v) is 12.7. The Morgan fingerprint density at radius 3 is 2.66 bits per heavy atom. The minimum atomic E-state index is -4.99. The minimum Gasteiger partial charge on any atom is -0.481 e. The summed E-state index contributed by atoms with van der Waals surface area (Å²) in [5.41, 5.74) is 1.07. The Morgan fingerprint density at radius 1 is 1.20 bits per heavy atom. The number of carbonyl (C=O) groups is 3. The lowest BCUT2D eigenvalue weighted by atomic mass is 10.0. The summed E-state index contributed by atoms with van der Waals surface area (Å²) in [6, 6.07) is 5.06. The maximum Gasteiger partial charge on any atom is 0.573 e. The van der Waals surface area contributed by atoms with Gasteiger partial charge in [0.25, 0.3) is 5.91 Å². The number of rotatable bonds is 9. The number of amides is 2. The predicted molar refractivity (Wildman–Crippen MR) is 141 cm³/mol. The zero-order chi connectivity index (χ0) is 29.7. The number of aliphatic carboxylic acids is 1. The van der Waals surface area contributed by atoms with Gasteiger partial charge in [-0.05, 0) is 35.9 Å². The number of H-pyrrole nitrogens is 1. The first-order chi connectivity index (χ1) is 19.4. The van der Waals surface area contributed by atoms with Gasteiger partial charge in [-0.3, -0.25) is 19.5 Å². The largest absolute Gasteiger partial charge is 0.573 e. The molecule has 2 heterocycles. The lowest BCUT2D eigenvalue weighted by molar-refractivity contribution is -0.274. The number of alkyl halides is 4. The zero-order valence-corrected chi connectivity index (χ0v) is 22.4. The molecule has 1 aliphatic rings. The molecule has 0 saturated heterocycles. The Hall–Kier alpha value is -4.41. The molecule has 2 unspecified atom stereocenters. The number of aliphatic imine (C=N–C) groups is 1. The van der Waals surface area contributed by atoms with E-state index in [9.17, 15) is 37.1 Å². The number of ether oxygens (including phenoxy) is 1. The molecule has 2 aromatic carbocycles. The Labute approximate surface area is 237 Å². The SMILES string of the molecule is O=C(O)CC(NC(=O)CNC(=O)c1cc(NC2=NCC(F)CN2)c2cn[nH]c2c1)c1cc(Br)cc(OC(F)(F)F)c1. The quantitative estimate of drug-likeness (QED) is 0.193. The third-order valence-electron chi connectivity index (χ3n) is 5.67. The van der Waals surface area contributed by atoms with Crippen molar-refractivity contribution in [3.63, 3.8) is 0 Å². The van der Waals surface area contributed by atoms with Crippen LogP contribution in [0.4, 0.5) is 23.2 Å². The lowest BCUT2D eigenvalue weighted by Gasteiger charge is -2.20. The van der Waals surface area contributed by atoms with Crippen LogP contribution in [0.1, 0.15) is 28.4 Å². The second-order valence-electron chi connectivity index (χ2n) is 8.82. The number of halogens is 5. The maximum absolute atomic E-state index is 13.4. The van der Waals surface area contributed by atoms with Crippen LogP contribution in [0, 0.1) is 0 Å². The van der Waals surface area contributed by atoms with Crippen LogP contribution in [-0.4, -0.2) is 71.2 Å². The second-order valence-corrected chi connectivity index (χ2v) is 9.73. The highest BCUT2D eigenvalue weighted by molar-refractivity contribution is 9.10. The third-order valence-corrected chi connectivity index (χ3v) is 6.12. The number of carboxylic acid groups (broad SMARTS) is 1. The number of hydrogen-bond donors (Lipinski definition) is 6. The Bertz CT molecular complexity index is 1500. The fraction of sp³-hybridized carbons (Fsp3) is 0.292. The van der Waals surface area contributed by atoms with Crippen LogP contribution in [0.5, 0.6) is 5.75 Å². The van der Waals surface area contributed by atoms with Gasteiger partial charge in [-0.25, -0.2) is 9.38 Å². The summed E-state index contributed by atoms with van der Waals surface area (Å²) in [7, 11) is 0. The summed E-state index contributed by atoms with van der Waals surface area (Å²) < 4.78 is 55.5. The number of carbonyl (C=O) groups excluding carboxylic acids is 2. The maximum atomic E-state index is 13.4. The van der Waals surface area contributed by atoms with Crippen molar-refractivity contribution in [3.05, 3.63) is 52.1 Å². The van der Waals surface area contributed by atoms with Crippen LogP contribution in [0.15, 0.2) is 46.0 Å². The van der Waals surface area contributed by atoms with E-state index in [0.29, 0.717) is 22.5 Å². The smallest absolute Gasteiger partial charge is 0.481 e. The molecular weight excluding hydrogens is 622 g/mol. The number of aromatic amines is 1. The Kier molecular flexibility index (Phi) is 8.95. The third kappa shape index (κ3) is 8.29. The number of carboxylic acids is 1. The Balaban J connectivity index is 1.45. The highest BCUT2D eigenvalue weighted by atomic mass is 79.9. The molecule has 17 heteroatoms. The van der Waals surface area contributed by atoms with E-state index in [-0.39, 0.29) is 28.7 Å². The molecule has 6 N–H and O–H groups in total. The monoisotopic (exact) mass is 643 g/mol. The van der Waals surface area contributed by atoms with Crippen LogP contribution < -0.4 is 26.0 Å². The summed E-state index contributed by atoms with van der Waals surface area (Å²) in [5.74, 6) is -3.10. The van der Waals surface area contributed by atoms with E-state index in [1.807, 2.05) is 0 Å². The molecule has 1 aliphatic heterocycles. The van der Waals surface area contributed by atoms with E-state index >= 15 is 0 Å². The van der Waals surface area contributed by atoms with Crippen molar-refractivity contribution < 1.29 is 41.8 Å². The standard InChI is InChI=1S/C24H22BrF4N7O5/c25-13-1-11(2-15(5-13)41-24(27,28)29)17(6-21(38)39)34-20(37)10-30-22(40)12-3-18(16-9-33-36-19(16)4-12)35-23-31-7-14(26)8-32-23/h1-5,9,14,17H,6-8,10H2,(H,30,40)(H,33,36)(H,34,37)(H,38,39)(H2,31,32,35). The van der Waals surface area contributed by atoms with Gasteiger partial charge in [-0.1, -0.05) is 15.9 Å². The number of fused-ring (bicyclic) bond motifs is 1. The molecule has 0 radical (unpaired) electrons. The number of hydrogen-bond acceptors (Lipinski definition) is 8. The fourth-order valence-electron chi connectivity index (χ4n) is 3.93. The summed E-state index contributed by atoms with van der Waals surface area (Å²) in [4.78, 5) is 41.0. The van der Waals surface area contributed by atoms with Crippen LogP contribution in [0.3, 0.4) is 0 Å². The van der Waals surface area contributed by atoms with Gasteiger partial charge in [-0.2, -0.15) is 5.10 Å². The number of nitrogens with one attached hydrogen (secondary N) is 5. The molecule has 41 heavy (non-hydrogen) atoms. The van der Waals surface area contributed by atoms with Crippen molar-refractivity contribution in [2.75, 3.05) is 25.0 Å². The Morgan fingerprint density at radius 2 is 1.98 bits per heavy atom. The fourth-order valence-corrected chi connectivity index (χ4v) is 4.42. The van der Waals surface area contributed by atoms with Gasteiger partial charge in [-0.15, -0.1) is 13.2 Å². The first-order valence-electron chi connectivity index (χ1n) is 11.9. The molecule has 4 rings (SSSR count). The number of guanidine groups is 1. The molecule has 0 spiro atoms. The first kappa shape index (κ1) is 29.6. The topological polar surface area (TPSA) is 170 Å². The number of aromatic nitrogens is 2. The molecule has 0 fully saturated rings. The van der Waals surface area contributed by atoms with Gasteiger partial charge in [0.15, 0.2) is 5.96 Å². The van der Waals surface area contributed by atoms with Gasteiger partial charge in [0.1, 0.15) is 11.9 Å². The van der Waals surface area contributed by atoms with Crippen LogP contribution >= 0.6 is 15.9 Å². The van der Waals surface area contributed by atoms with Gasteiger partial charge in [0.05, 0.1) is 49.5 Å². The normalized spacial score (nSPS) is 15.8. The van der Waals surface area contributed by atoms with Crippen molar-refractivity contribution in [1.82, 2.24) is 26.1 Å². The molecule has 0 aliphatic carbocycles. The summed E-state index contributed by atoms with van der Waals surface area (Å²) in [6.07, 6.45) is -5.25.